The van der Waals surface area contributed by atoms with Crippen LogP contribution >= 0.6 is 38.6 Å². The standard InChI is InChI=1S/C21H21F2N3O3S2.C20H18BrF2N3O2S2/c1-29-18-4-2-3-15(12-18)11-17-14-30-21(24-17)25-7-9-26(10-8-25)31(27,28)20-6-5-16(22)13-19(20)23;21-15-3-1-2-14(10-15)11-17-13-29-20(24-17)25-6-8-26(9-7-25)30(27,28)19-5-4-16(22)12-18(19)23/h2-6,12-14H,7-11H2,1H3;1-5,10,12-13H,6-9,11H2. The molecule has 4 aromatic carbocycles. The van der Waals surface area contributed by atoms with Crippen molar-refractivity contribution in [2.45, 2.75) is 22.6 Å². The summed E-state index contributed by atoms with van der Waals surface area (Å²) < 4.78 is 114. The number of halogens is 5. The predicted octanol–water partition coefficient (Wildman–Crippen LogP) is 7.82. The van der Waals surface area contributed by atoms with Gasteiger partial charge < -0.3 is 14.5 Å². The number of hydrogen-bond acceptors (Lipinski definition) is 11. The molecular formula is C41H39BrF4N6O5S4. The molecule has 2 aromatic heterocycles. The maximum absolute atomic E-state index is 14.0. The van der Waals surface area contributed by atoms with Crippen molar-refractivity contribution < 1.29 is 39.1 Å². The van der Waals surface area contributed by atoms with Crippen molar-refractivity contribution in [2.75, 3.05) is 69.3 Å². The van der Waals surface area contributed by atoms with E-state index in [1.54, 1.807) is 7.11 Å². The number of methoxy groups -OCH3 is 1. The van der Waals surface area contributed by atoms with Crippen molar-refractivity contribution in [1.82, 2.24) is 18.6 Å². The Morgan fingerprint density at radius 2 is 1.05 bits per heavy atom. The minimum absolute atomic E-state index is 0.198. The van der Waals surface area contributed by atoms with E-state index in [9.17, 15) is 34.4 Å². The van der Waals surface area contributed by atoms with E-state index < -0.39 is 53.1 Å². The molecule has 61 heavy (non-hydrogen) atoms. The lowest BCUT2D eigenvalue weighted by atomic mass is 10.1. The number of sulfonamides is 2. The zero-order valence-electron chi connectivity index (χ0n) is 32.6. The molecule has 0 N–H and O–H groups in total. The first-order valence-electron chi connectivity index (χ1n) is 18.9. The van der Waals surface area contributed by atoms with Crippen molar-refractivity contribution in [2.24, 2.45) is 0 Å². The topological polar surface area (TPSA) is 116 Å². The third-order valence-electron chi connectivity index (χ3n) is 9.91. The third-order valence-corrected chi connectivity index (χ3v) is 16.2. The summed E-state index contributed by atoms with van der Waals surface area (Å²) in [6, 6.07) is 20.9. The van der Waals surface area contributed by atoms with Crippen LogP contribution in [0.5, 0.6) is 5.75 Å². The van der Waals surface area contributed by atoms with E-state index in [4.69, 9.17) is 4.74 Å². The van der Waals surface area contributed by atoms with Gasteiger partial charge in [0.15, 0.2) is 10.3 Å². The van der Waals surface area contributed by atoms with E-state index in [-0.39, 0.29) is 26.2 Å². The van der Waals surface area contributed by atoms with Crippen LogP contribution in [0.2, 0.25) is 0 Å². The molecule has 0 aliphatic carbocycles. The first-order chi connectivity index (χ1) is 29.2. The molecule has 0 radical (unpaired) electrons. The normalized spacial score (nSPS) is 15.4. The smallest absolute Gasteiger partial charge is 0.246 e. The highest BCUT2D eigenvalue weighted by molar-refractivity contribution is 9.10. The lowest BCUT2D eigenvalue weighted by Crippen LogP contribution is -2.48. The van der Waals surface area contributed by atoms with Gasteiger partial charge in [0.2, 0.25) is 20.0 Å². The number of piperazine rings is 2. The summed E-state index contributed by atoms with van der Waals surface area (Å²) in [5.74, 6) is -2.98. The summed E-state index contributed by atoms with van der Waals surface area (Å²) in [7, 11) is -6.40. The van der Waals surface area contributed by atoms with E-state index in [0.717, 1.165) is 67.3 Å². The highest BCUT2D eigenvalue weighted by Gasteiger charge is 2.33. The molecule has 0 spiro atoms. The zero-order chi connectivity index (χ0) is 43.3. The number of benzene rings is 4. The Kier molecular flexibility index (Phi) is 14.1. The molecule has 2 saturated heterocycles. The van der Waals surface area contributed by atoms with E-state index in [1.807, 2.05) is 63.0 Å². The van der Waals surface area contributed by atoms with Crippen molar-refractivity contribution in [3.63, 3.8) is 0 Å². The maximum atomic E-state index is 14.0. The average molecular weight is 980 g/mol. The molecule has 0 saturated carbocycles. The molecule has 11 nitrogen and oxygen atoms in total. The van der Waals surface area contributed by atoms with Gasteiger partial charge in [0.25, 0.3) is 0 Å². The van der Waals surface area contributed by atoms with Gasteiger partial charge in [-0.2, -0.15) is 8.61 Å². The van der Waals surface area contributed by atoms with Crippen LogP contribution in [0.1, 0.15) is 22.5 Å². The minimum Gasteiger partial charge on any atom is -0.497 e. The van der Waals surface area contributed by atoms with Crippen LogP contribution < -0.4 is 14.5 Å². The highest BCUT2D eigenvalue weighted by Crippen LogP contribution is 2.29. The number of hydrogen-bond donors (Lipinski definition) is 0. The lowest BCUT2D eigenvalue weighted by Gasteiger charge is -2.33. The summed E-state index contributed by atoms with van der Waals surface area (Å²) in [4.78, 5) is 12.4. The molecule has 8 rings (SSSR count). The second-order valence-corrected chi connectivity index (χ2v) is 20.4. The Labute approximate surface area is 368 Å². The average Bonchev–Trinajstić information content (AvgIpc) is 3.91. The molecule has 2 aliphatic heterocycles. The predicted molar refractivity (Wildman–Crippen MR) is 232 cm³/mol. The highest BCUT2D eigenvalue weighted by atomic mass is 79.9. The fourth-order valence-corrected chi connectivity index (χ4v) is 11.9. The summed E-state index contributed by atoms with van der Waals surface area (Å²) in [5.41, 5.74) is 4.13. The van der Waals surface area contributed by atoms with E-state index in [2.05, 4.69) is 32.0 Å². The monoisotopic (exact) mass is 978 g/mol. The molecule has 0 bridgehead atoms. The first kappa shape index (κ1) is 44.6. The number of rotatable bonds is 11. The second kappa shape index (κ2) is 19.3. The molecule has 2 aliphatic rings. The maximum Gasteiger partial charge on any atom is 0.246 e. The zero-order valence-corrected chi connectivity index (χ0v) is 37.4. The summed E-state index contributed by atoms with van der Waals surface area (Å²) in [6.45, 7) is 2.59. The largest absolute Gasteiger partial charge is 0.497 e. The van der Waals surface area contributed by atoms with Gasteiger partial charge in [-0.3, -0.25) is 0 Å². The molecule has 0 atom stereocenters. The minimum atomic E-state index is -4.02. The first-order valence-corrected chi connectivity index (χ1v) is 24.3. The van der Waals surface area contributed by atoms with Crippen molar-refractivity contribution >= 4 is 68.9 Å². The Morgan fingerprint density at radius 3 is 1.48 bits per heavy atom. The molecule has 0 amide bonds. The number of ether oxygens (including phenoxy) is 1. The third kappa shape index (κ3) is 10.8. The Balaban J connectivity index is 0.000000184. The molecule has 6 aromatic rings. The molecule has 4 heterocycles. The Morgan fingerprint density at radius 1 is 0.607 bits per heavy atom. The van der Waals surface area contributed by atoms with Crippen LogP contribution in [0.3, 0.4) is 0 Å². The molecule has 2 fully saturated rings. The number of nitrogens with zero attached hydrogens (tertiary/aromatic N) is 6. The van der Waals surface area contributed by atoms with Crippen molar-refractivity contribution in [1.29, 1.82) is 0 Å². The SMILES string of the molecule is COc1cccc(Cc2csc(N3CCN(S(=O)(=O)c4ccc(F)cc4F)CC3)n2)c1.O=S(=O)(c1ccc(F)cc1F)N1CCN(c2nc(Cc3cccc(Br)c3)cs2)CC1. The quantitative estimate of drug-likeness (QED) is 0.120. The summed E-state index contributed by atoms with van der Waals surface area (Å²) >= 11 is 6.50. The van der Waals surface area contributed by atoms with Crippen LogP contribution in [0.15, 0.2) is 110 Å². The van der Waals surface area contributed by atoms with Crippen molar-refractivity contribution in [3.05, 3.63) is 146 Å². The summed E-state index contributed by atoms with van der Waals surface area (Å²) in [6.07, 6.45) is 1.39. The molecule has 0 unspecified atom stereocenters. The lowest BCUT2D eigenvalue weighted by molar-refractivity contribution is 0.381. The van der Waals surface area contributed by atoms with Crippen molar-refractivity contribution in [3.8, 4) is 5.75 Å². The molecule has 322 valence electrons. The Bertz CT molecular complexity index is 2710. The van der Waals surface area contributed by atoms with Gasteiger partial charge in [-0.25, -0.2) is 44.4 Å². The van der Waals surface area contributed by atoms with Gasteiger partial charge >= 0.3 is 0 Å². The van der Waals surface area contributed by atoms with Crippen LogP contribution in [-0.2, 0) is 32.9 Å². The Hall–Kier alpha value is -4.44. The van der Waals surface area contributed by atoms with Gasteiger partial charge in [0.05, 0.1) is 18.5 Å². The van der Waals surface area contributed by atoms with Gasteiger partial charge in [-0.1, -0.05) is 40.2 Å². The van der Waals surface area contributed by atoms with Crippen LogP contribution in [0, 0.1) is 23.3 Å². The van der Waals surface area contributed by atoms with E-state index >= 15 is 0 Å². The fourth-order valence-electron chi connectivity index (χ4n) is 6.78. The fraction of sp³-hybridized carbons (Fsp3) is 0.268. The number of thiazole rings is 2. The van der Waals surface area contributed by atoms with Crippen LogP contribution in [0.25, 0.3) is 0 Å². The molecule has 20 heteroatoms. The number of aromatic nitrogens is 2. The van der Waals surface area contributed by atoms with Gasteiger partial charge in [-0.05, 0) is 59.7 Å². The second-order valence-electron chi connectivity index (χ2n) is 14.0. The van der Waals surface area contributed by atoms with Gasteiger partial charge in [0, 0.05) is 92.6 Å². The molecular weight excluding hydrogens is 941 g/mol. The van der Waals surface area contributed by atoms with Crippen LogP contribution in [0.4, 0.5) is 27.8 Å². The van der Waals surface area contributed by atoms with E-state index in [1.165, 1.54) is 31.3 Å². The van der Waals surface area contributed by atoms with Gasteiger partial charge in [-0.15, -0.1) is 22.7 Å². The van der Waals surface area contributed by atoms with Crippen LogP contribution in [-0.4, -0.2) is 94.9 Å². The van der Waals surface area contributed by atoms with E-state index in [0.29, 0.717) is 51.2 Å². The van der Waals surface area contributed by atoms with Gasteiger partial charge in [0.1, 0.15) is 38.8 Å². The summed E-state index contributed by atoms with van der Waals surface area (Å²) in [5, 5.41) is 5.66. The number of anilines is 2.